The third-order valence-corrected chi connectivity index (χ3v) is 2.46. The molecule has 1 aromatic rings. The van der Waals surface area contributed by atoms with Gasteiger partial charge in [-0.25, -0.2) is 8.78 Å². The van der Waals surface area contributed by atoms with E-state index in [1.54, 1.807) is 6.07 Å². The smallest absolute Gasteiger partial charge is 0.159 e. The number of hydrogen-bond acceptors (Lipinski definition) is 2. The van der Waals surface area contributed by atoms with Crippen LogP contribution in [-0.4, -0.2) is 24.5 Å². The molecule has 4 heteroatoms. The maximum absolute atomic E-state index is 13.1. The quantitative estimate of drug-likeness (QED) is 0.830. The zero-order chi connectivity index (χ0) is 12.8. The van der Waals surface area contributed by atoms with E-state index in [1.165, 1.54) is 12.1 Å². The predicted octanol–water partition coefficient (Wildman–Crippen LogP) is 2.38. The lowest BCUT2D eigenvalue weighted by Crippen LogP contribution is -2.32. The minimum atomic E-state index is -0.803. The molecule has 0 aliphatic carbocycles. The molecule has 0 aliphatic heterocycles. The van der Waals surface area contributed by atoms with E-state index in [9.17, 15) is 8.78 Å². The summed E-state index contributed by atoms with van der Waals surface area (Å²) in [6.07, 6.45) is 0. The Hall–Kier alpha value is -1.00. The fourth-order valence-electron chi connectivity index (χ4n) is 1.83. The third kappa shape index (κ3) is 4.79. The molecular weight excluding hydrogens is 222 g/mol. The van der Waals surface area contributed by atoms with Gasteiger partial charge in [0, 0.05) is 26.2 Å². The van der Waals surface area contributed by atoms with Crippen molar-refractivity contribution in [2.75, 3.05) is 19.6 Å². The van der Waals surface area contributed by atoms with Crippen molar-refractivity contribution in [1.82, 2.24) is 4.90 Å². The highest BCUT2D eigenvalue weighted by Gasteiger charge is 2.09. The van der Waals surface area contributed by atoms with E-state index in [4.69, 9.17) is 5.73 Å². The molecule has 0 heterocycles. The Morgan fingerprint density at radius 2 is 1.94 bits per heavy atom. The number of nitrogens with two attached hydrogens (primary N) is 1. The average molecular weight is 242 g/mol. The van der Waals surface area contributed by atoms with Crippen molar-refractivity contribution < 1.29 is 8.78 Å². The van der Waals surface area contributed by atoms with Crippen LogP contribution in [0.15, 0.2) is 18.2 Å². The summed E-state index contributed by atoms with van der Waals surface area (Å²) in [4.78, 5) is 2.15. The lowest BCUT2D eigenvalue weighted by atomic mass is 10.1. The highest BCUT2D eigenvalue weighted by Crippen LogP contribution is 2.11. The second kappa shape index (κ2) is 6.67. The molecule has 0 spiro atoms. The van der Waals surface area contributed by atoms with E-state index < -0.39 is 11.6 Å². The van der Waals surface area contributed by atoms with Crippen molar-refractivity contribution in [3.05, 3.63) is 35.4 Å². The van der Waals surface area contributed by atoms with Gasteiger partial charge in [-0.3, -0.25) is 4.90 Å². The van der Waals surface area contributed by atoms with Crippen molar-refractivity contribution in [1.29, 1.82) is 0 Å². The van der Waals surface area contributed by atoms with Crippen LogP contribution in [0.1, 0.15) is 19.4 Å². The SMILES string of the molecule is CC(C)CN(CCN)Cc1ccc(F)c(F)c1. The monoisotopic (exact) mass is 242 g/mol. The Morgan fingerprint density at radius 3 is 2.47 bits per heavy atom. The highest BCUT2D eigenvalue weighted by atomic mass is 19.2. The van der Waals surface area contributed by atoms with Crippen LogP contribution in [0.5, 0.6) is 0 Å². The van der Waals surface area contributed by atoms with Gasteiger partial charge in [0.1, 0.15) is 0 Å². The molecule has 0 radical (unpaired) electrons. The predicted molar refractivity (Wildman–Crippen MR) is 65.5 cm³/mol. The van der Waals surface area contributed by atoms with Gasteiger partial charge in [-0.15, -0.1) is 0 Å². The molecule has 0 unspecified atom stereocenters. The van der Waals surface area contributed by atoms with Crippen molar-refractivity contribution in [2.45, 2.75) is 20.4 Å². The molecule has 0 aromatic heterocycles. The molecule has 17 heavy (non-hydrogen) atoms. The van der Waals surface area contributed by atoms with Gasteiger partial charge in [-0.2, -0.15) is 0 Å². The summed E-state index contributed by atoms with van der Waals surface area (Å²) in [6.45, 7) is 7.07. The number of rotatable bonds is 6. The molecule has 1 rings (SSSR count). The molecule has 0 fully saturated rings. The Labute approximate surface area is 101 Å². The summed E-state index contributed by atoms with van der Waals surface area (Å²) in [7, 11) is 0. The molecule has 0 atom stereocenters. The van der Waals surface area contributed by atoms with Crippen LogP contribution in [0.3, 0.4) is 0 Å². The Balaban J connectivity index is 2.67. The van der Waals surface area contributed by atoms with Crippen molar-refractivity contribution in [3.8, 4) is 0 Å². The molecule has 0 bridgehead atoms. The normalized spacial score (nSPS) is 11.5. The second-order valence-corrected chi connectivity index (χ2v) is 4.67. The van der Waals surface area contributed by atoms with E-state index >= 15 is 0 Å². The first-order valence-corrected chi connectivity index (χ1v) is 5.89. The van der Waals surface area contributed by atoms with E-state index in [1.807, 2.05) is 0 Å². The van der Waals surface area contributed by atoms with Crippen molar-refractivity contribution in [2.24, 2.45) is 11.7 Å². The number of hydrogen-bond donors (Lipinski definition) is 1. The molecule has 0 amide bonds. The van der Waals surface area contributed by atoms with Crippen LogP contribution >= 0.6 is 0 Å². The van der Waals surface area contributed by atoms with Gasteiger partial charge < -0.3 is 5.73 Å². The Bertz CT molecular complexity index is 353. The van der Waals surface area contributed by atoms with Gasteiger partial charge in [0.05, 0.1) is 0 Å². The first-order chi connectivity index (χ1) is 8.02. The summed E-state index contributed by atoms with van der Waals surface area (Å²) in [5, 5.41) is 0. The average Bonchev–Trinajstić information content (AvgIpc) is 2.23. The van der Waals surface area contributed by atoms with Gasteiger partial charge in [0.2, 0.25) is 0 Å². The number of halogens is 2. The molecule has 96 valence electrons. The fraction of sp³-hybridized carbons (Fsp3) is 0.538. The molecule has 1 aromatic carbocycles. The summed E-state index contributed by atoms with van der Waals surface area (Å²) in [6, 6.07) is 4.03. The summed E-state index contributed by atoms with van der Waals surface area (Å²) in [5.74, 6) is -1.07. The van der Waals surface area contributed by atoms with Crippen LogP contribution in [-0.2, 0) is 6.54 Å². The summed E-state index contributed by atoms with van der Waals surface area (Å²) >= 11 is 0. The topological polar surface area (TPSA) is 29.3 Å². The zero-order valence-corrected chi connectivity index (χ0v) is 10.4. The maximum atomic E-state index is 13.1. The summed E-state index contributed by atoms with van der Waals surface area (Å²) in [5.41, 5.74) is 6.31. The summed E-state index contributed by atoms with van der Waals surface area (Å²) < 4.78 is 25.8. The number of nitrogens with zero attached hydrogens (tertiary/aromatic N) is 1. The van der Waals surface area contributed by atoms with E-state index in [-0.39, 0.29) is 0 Å². The minimum Gasteiger partial charge on any atom is -0.329 e. The maximum Gasteiger partial charge on any atom is 0.159 e. The highest BCUT2D eigenvalue weighted by molar-refractivity contribution is 5.17. The van der Waals surface area contributed by atoms with Crippen molar-refractivity contribution >= 4 is 0 Å². The first-order valence-electron chi connectivity index (χ1n) is 5.89. The van der Waals surface area contributed by atoms with E-state index in [2.05, 4.69) is 18.7 Å². The molecule has 0 saturated heterocycles. The van der Waals surface area contributed by atoms with Crippen LogP contribution in [0, 0.1) is 17.6 Å². The van der Waals surface area contributed by atoms with Crippen LogP contribution in [0.4, 0.5) is 8.78 Å². The largest absolute Gasteiger partial charge is 0.329 e. The molecular formula is C13H20F2N2. The van der Waals surface area contributed by atoms with Gasteiger partial charge in [0.25, 0.3) is 0 Å². The van der Waals surface area contributed by atoms with Gasteiger partial charge >= 0.3 is 0 Å². The van der Waals surface area contributed by atoms with Gasteiger partial charge in [-0.1, -0.05) is 19.9 Å². The Kier molecular flexibility index (Phi) is 5.51. The zero-order valence-electron chi connectivity index (χ0n) is 10.4. The lowest BCUT2D eigenvalue weighted by Gasteiger charge is -2.23. The van der Waals surface area contributed by atoms with Gasteiger partial charge in [0.15, 0.2) is 11.6 Å². The second-order valence-electron chi connectivity index (χ2n) is 4.67. The van der Waals surface area contributed by atoms with Crippen LogP contribution in [0.25, 0.3) is 0 Å². The van der Waals surface area contributed by atoms with Gasteiger partial charge in [-0.05, 0) is 23.6 Å². The van der Waals surface area contributed by atoms with Crippen molar-refractivity contribution in [3.63, 3.8) is 0 Å². The van der Waals surface area contributed by atoms with E-state index in [0.29, 0.717) is 19.0 Å². The molecule has 2 nitrogen and oxygen atoms in total. The standard InChI is InChI=1S/C13H20F2N2/c1-10(2)8-17(6-5-16)9-11-3-4-12(14)13(15)7-11/h3-4,7,10H,5-6,8-9,16H2,1-2H3. The van der Waals surface area contributed by atoms with Crippen LogP contribution in [0.2, 0.25) is 0 Å². The molecule has 0 saturated carbocycles. The van der Waals surface area contributed by atoms with E-state index in [0.717, 1.165) is 18.7 Å². The van der Waals surface area contributed by atoms with Crippen LogP contribution < -0.4 is 5.73 Å². The first kappa shape index (κ1) is 14.1. The molecule has 0 aliphatic rings. The third-order valence-electron chi connectivity index (χ3n) is 2.46. The molecule has 2 N–H and O–H groups in total. The number of benzene rings is 1. The fourth-order valence-corrected chi connectivity index (χ4v) is 1.83. The lowest BCUT2D eigenvalue weighted by molar-refractivity contribution is 0.242. The minimum absolute atomic E-state index is 0.520. The Morgan fingerprint density at radius 1 is 1.24 bits per heavy atom.